The molecule has 1 aliphatic rings. The van der Waals surface area contributed by atoms with Gasteiger partial charge in [0, 0.05) is 29.5 Å². The highest BCUT2D eigenvalue weighted by Gasteiger charge is 2.34. The first kappa shape index (κ1) is 20.3. The van der Waals surface area contributed by atoms with E-state index in [1.165, 1.54) is 40.1 Å². The lowest BCUT2D eigenvalue weighted by atomic mass is 9.82. The Morgan fingerprint density at radius 1 is 1.06 bits per heavy atom. The van der Waals surface area contributed by atoms with Crippen LogP contribution in [0.3, 0.4) is 0 Å². The van der Waals surface area contributed by atoms with Crippen LogP contribution in [0.15, 0.2) is 43.1 Å². The fourth-order valence-corrected chi connectivity index (χ4v) is 4.40. The van der Waals surface area contributed by atoms with Gasteiger partial charge in [0.25, 0.3) is 0 Å². The molecule has 0 aromatic carbocycles. The van der Waals surface area contributed by atoms with Gasteiger partial charge >= 0.3 is 0 Å². The third kappa shape index (κ3) is 3.62. The lowest BCUT2D eigenvalue weighted by molar-refractivity contribution is 0.296. The van der Waals surface area contributed by atoms with Crippen molar-refractivity contribution in [3.05, 3.63) is 54.6 Å². The molecule has 164 valence electrons. The molecule has 0 amide bonds. The average Bonchev–Trinajstić information content (AvgIpc) is 3.34. The number of nitrogens with one attached hydrogen (secondary N) is 1. The molecule has 0 fully saturated rings. The first-order valence-electron chi connectivity index (χ1n) is 10.2. The molecule has 0 saturated carbocycles. The fourth-order valence-electron chi connectivity index (χ4n) is 4.40. The summed E-state index contributed by atoms with van der Waals surface area (Å²) in [6.45, 7) is 8.27. The molecule has 4 aromatic heterocycles. The van der Waals surface area contributed by atoms with Crippen molar-refractivity contribution in [1.82, 2.24) is 39.7 Å². The van der Waals surface area contributed by atoms with E-state index in [-0.39, 0.29) is 28.2 Å². The van der Waals surface area contributed by atoms with Gasteiger partial charge < -0.3 is 10.4 Å². The summed E-state index contributed by atoms with van der Waals surface area (Å²) >= 11 is 0. The lowest BCUT2D eigenvalue weighted by Gasteiger charge is -2.41. The van der Waals surface area contributed by atoms with E-state index < -0.39 is 5.82 Å². The van der Waals surface area contributed by atoms with Gasteiger partial charge in [-0.2, -0.15) is 10.2 Å². The Hall–Kier alpha value is -3.66. The molecule has 1 aliphatic heterocycles. The molecule has 0 unspecified atom stereocenters. The number of fused-ring (bicyclic) bond motifs is 1. The topological polar surface area (TPSA) is 106 Å². The van der Waals surface area contributed by atoms with Crippen LogP contribution in [0.25, 0.3) is 28.4 Å². The van der Waals surface area contributed by atoms with Crippen molar-refractivity contribution in [2.24, 2.45) is 0 Å². The van der Waals surface area contributed by atoms with Gasteiger partial charge in [0.15, 0.2) is 5.82 Å². The van der Waals surface area contributed by atoms with Crippen molar-refractivity contribution in [3.63, 3.8) is 0 Å². The quantitative estimate of drug-likeness (QED) is 0.510. The van der Waals surface area contributed by atoms with Crippen molar-refractivity contribution in [3.8, 4) is 22.8 Å². The minimum atomic E-state index is -0.432. The van der Waals surface area contributed by atoms with Gasteiger partial charge in [0.05, 0.1) is 18.6 Å². The zero-order valence-corrected chi connectivity index (χ0v) is 18.2. The van der Waals surface area contributed by atoms with E-state index in [9.17, 15) is 5.11 Å². The maximum absolute atomic E-state index is 15.1. The Bertz CT molecular complexity index is 1350. The van der Waals surface area contributed by atoms with Crippen LogP contribution in [0.1, 0.15) is 39.8 Å². The third-order valence-corrected chi connectivity index (χ3v) is 5.28. The highest BCUT2D eigenvalue weighted by molar-refractivity contribution is 5.69. The van der Waals surface area contributed by atoms with Crippen LogP contribution in [0, 0.1) is 5.82 Å². The van der Waals surface area contributed by atoms with Gasteiger partial charge in [-0.05, 0) is 39.7 Å². The molecule has 4 aromatic rings. The molecule has 0 saturated heterocycles. The van der Waals surface area contributed by atoms with Gasteiger partial charge in [0.2, 0.25) is 5.78 Å². The van der Waals surface area contributed by atoms with Crippen molar-refractivity contribution >= 4 is 11.4 Å². The Morgan fingerprint density at radius 2 is 1.81 bits per heavy atom. The molecule has 9 nitrogen and oxygen atoms in total. The lowest BCUT2D eigenvalue weighted by Crippen LogP contribution is -2.53. The molecule has 0 aliphatic carbocycles. The molecule has 5 heterocycles. The number of aromatic nitrogens is 7. The summed E-state index contributed by atoms with van der Waals surface area (Å²) in [5.74, 6) is -0.197. The number of nitrogens with zero attached hydrogens (tertiary/aromatic N) is 7. The molecule has 0 atom stereocenters. The summed E-state index contributed by atoms with van der Waals surface area (Å²) in [5.41, 5.74) is 1.78. The molecular formula is C22H23FN8O. The van der Waals surface area contributed by atoms with Crippen molar-refractivity contribution in [1.29, 1.82) is 0 Å². The molecule has 0 bridgehead atoms. The molecule has 0 spiro atoms. The van der Waals surface area contributed by atoms with E-state index in [0.29, 0.717) is 23.6 Å². The van der Waals surface area contributed by atoms with Gasteiger partial charge in [-0.15, -0.1) is 4.80 Å². The summed E-state index contributed by atoms with van der Waals surface area (Å²) < 4.78 is 16.6. The Labute approximate surface area is 183 Å². The van der Waals surface area contributed by atoms with Gasteiger partial charge in [0.1, 0.15) is 28.5 Å². The van der Waals surface area contributed by atoms with Gasteiger partial charge in [-0.3, -0.25) is 4.40 Å². The fraction of sp³-hybridized carbons (Fsp3) is 0.318. The molecule has 5 rings (SSSR count). The molecule has 2 N–H and O–H groups in total. The highest BCUT2D eigenvalue weighted by atomic mass is 19.1. The second-order valence-electron chi connectivity index (χ2n) is 9.23. The number of halogens is 1. The summed E-state index contributed by atoms with van der Waals surface area (Å²) in [6.07, 6.45) is 10.2. The first-order valence-corrected chi connectivity index (χ1v) is 10.2. The summed E-state index contributed by atoms with van der Waals surface area (Å²) in [7, 11) is 0. The zero-order chi connectivity index (χ0) is 22.7. The summed E-state index contributed by atoms with van der Waals surface area (Å²) in [6, 6.07) is 1.50. The average molecular weight is 434 g/mol. The number of aromatic hydroxyl groups is 1. The third-order valence-electron chi connectivity index (χ3n) is 5.28. The predicted molar refractivity (Wildman–Crippen MR) is 117 cm³/mol. The first-order chi connectivity index (χ1) is 15.1. The van der Waals surface area contributed by atoms with Crippen LogP contribution in [0.5, 0.6) is 5.75 Å². The summed E-state index contributed by atoms with van der Waals surface area (Å²) in [5, 5.41) is 22.1. The normalized spacial score (nSPS) is 17.5. The smallest absolute Gasteiger partial charge is 0.235 e. The zero-order valence-electron chi connectivity index (χ0n) is 18.2. The van der Waals surface area contributed by atoms with E-state index in [1.54, 1.807) is 6.20 Å². The standard InChI is InChI=1S/C22H23FN8O/c1-21(2)8-13(9-22(3,4)29-21)18-15(23)11-30-12-16(27-20(30)28-18)19-17(32)7-14(10-24-19)31-25-5-6-26-31/h5-8,10-12,29,32H,9H2,1-4H3. The SMILES string of the molecule is CC1(C)C=C(c2nc3nc(-c4ncc(-n5nccn5)cc4O)cn3cc2F)CC(C)(C)N1. The van der Waals surface area contributed by atoms with Crippen molar-refractivity contribution in [2.45, 2.75) is 45.2 Å². The van der Waals surface area contributed by atoms with Gasteiger partial charge in [-0.1, -0.05) is 6.08 Å². The number of hydrogen-bond acceptors (Lipinski definition) is 7. The van der Waals surface area contributed by atoms with Crippen LogP contribution in [-0.2, 0) is 0 Å². The Balaban J connectivity index is 1.55. The van der Waals surface area contributed by atoms with E-state index >= 15 is 4.39 Å². The van der Waals surface area contributed by atoms with E-state index in [1.807, 2.05) is 6.08 Å². The monoisotopic (exact) mass is 434 g/mol. The Kier molecular flexibility index (Phi) is 4.38. The molecule has 10 heteroatoms. The number of rotatable bonds is 3. The minimum absolute atomic E-state index is 0.0894. The van der Waals surface area contributed by atoms with Crippen molar-refractivity contribution in [2.75, 3.05) is 0 Å². The van der Waals surface area contributed by atoms with Crippen LogP contribution in [0.2, 0.25) is 0 Å². The van der Waals surface area contributed by atoms with Crippen LogP contribution in [0.4, 0.5) is 4.39 Å². The van der Waals surface area contributed by atoms with E-state index in [2.05, 4.69) is 58.2 Å². The van der Waals surface area contributed by atoms with Crippen LogP contribution < -0.4 is 5.32 Å². The largest absolute Gasteiger partial charge is 0.506 e. The molecule has 0 radical (unpaired) electrons. The maximum Gasteiger partial charge on any atom is 0.235 e. The van der Waals surface area contributed by atoms with E-state index in [0.717, 1.165) is 5.57 Å². The number of imidazole rings is 1. The second kappa shape index (κ2) is 6.92. The van der Waals surface area contributed by atoms with E-state index in [4.69, 9.17) is 0 Å². The Morgan fingerprint density at radius 3 is 2.50 bits per heavy atom. The molecular weight excluding hydrogens is 411 g/mol. The second-order valence-corrected chi connectivity index (χ2v) is 9.23. The molecule has 32 heavy (non-hydrogen) atoms. The maximum atomic E-state index is 15.1. The highest BCUT2D eigenvalue weighted by Crippen LogP contribution is 2.34. The van der Waals surface area contributed by atoms with Crippen LogP contribution in [-0.4, -0.2) is 50.5 Å². The number of hydrogen-bond donors (Lipinski definition) is 2. The predicted octanol–water partition coefficient (Wildman–Crippen LogP) is 3.15. The van der Waals surface area contributed by atoms with Crippen molar-refractivity contribution < 1.29 is 9.50 Å². The van der Waals surface area contributed by atoms with Crippen LogP contribution >= 0.6 is 0 Å². The number of pyridine rings is 1. The minimum Gasteiger partial charge on any atom is -0.506 e. The summed E-state index contributed by atoms with van der Waals surface area (Å²) in [4.78, 5) is 14.6. The van der Waals surface area contributed by atoms with Gasteiger partial charge in [-0.25, -0.2) is 19.3 Å².